The molecule has 0 aromatic heterocycles. The van der Waals surface area contributed by atoms with Crippen LogP contribution in [-0.4, -0.2) is 23.1 Å². The number of hydrogen-bond donors (Lipinski definition) is 0. The Hall–Kier alpha value is -1.32. The summed E-state index contributed by atoms with van der Waals surface area (Å²) in [5.74, 6) is -2.98. The molecule has 0 aromatic carbocycles. The lowest BCUT2D eigenvalue weighted by atomic mass is 9.94. The quantitative estimate of drug-likeness (QED) is 0.456. The van der Waals surface area contributed by atoms with E-state index in [1.54, 1.807) is 0 Å². The van der Waals surface area contributed by atoms with Gasteiger partial charge in [0, 0.05) is 13.3 Å². The van der Waals surface area contributed by atoms with Crippen molar-refractivity contribution in [2.24, 2.45) is 5.92 Å². The van der Waals surface area contributed by atoms with Gasteiger partial charge in [-0.3, -0.25) is 19.2 Å². The van der Waals surface area contributed by atoms with Crippen LogP contribution in [0.1, 0.15) is 27.2 Å². The van der Waals surface area contributed by atoms with Gasteiger partial charge in [-0.25, -0.2) is 0 Å². The maximum atomic E-state index is 10.9. The molecule has 0 saturated carbocycles. The molecule has 0 fully saturated rings. The van der Waals surface area contributed by atoms with Crippen molar-refractivity contribution >= 4 is 23.1 Å². The van der Waals surface area contributed by atoms with Crippen LogP contribution in [0.4, 0.5) is 0 Å². The Morgan fingerprint density at radius 3 is 1.54 bits per heavy atom. The van der Waals surface area contributed by atoms with Crippen LogP contribution in [0.25, 0.3) is 0 Å². The van der Waals surface area contributed by atoms with E-state index in [1.165, 1.54) is 13.8 Å². The second-order valence-electron chi connectivity index (χ2n) is 2.96. The van der Waals surface area contributed by atoms with Gasteiger partial charge in [-0.2, -0.15) is 0 Å². The van der Waals surface area contributed by atoms with Crippen molar-refractivity contribution in [3.05, 3.63) is 0 Å². The van der Waals surface area contributed by atoms with Gasteiger partial charge in [-0.05, 0) is 13.8 Å². The number of carbonyl (C=O) groups is 4. The molecule has 0 aliphatic rings. The number of Topliss-reactive ketones (excluding diaryl/α,β-unsaturated/α-hetero) is 4. The average molecular weight is 184 g/mol. The molecule has 0 amide bonds. The van der Waals surface area contributed by atoms with Crippen LogP contribution >= 0.6 is 0 Å². The smallest absolute Gasteiger partial charge is 0.199 e. The van der Waals surface area contributed by atoms with Crippen molar-refractivity contribution in [1.29, 1.82) is 0 Å². The summed E-state index contributed by atoms with van der Waals surface area (Å²) in [6.45, 7) is 3.60. The van der Waals surface area contributed by atoms with E-state index in [4.69, 9.17) is 0 Å². The Morgan fingerprint density at radius 2 is 1.31 bits per heavy atom. The molecule has 0 bridgehead atoms. The second kappa shape index (κ2) is 4.64. The van der Waals surface area contributed by atoms with Crippen molar-refractivity contribution in [2.45, 2.75) is 27.2 Å². The van der Waals surface area contributed by atoms with Crippen molar-refractivity contribution in [3.63, 3.8) is 0 Å². The van der Waals surface area contributed by atoms with Crippen LogP contribution in [0.2, 0.25) is 0 Å². The number of hydrogen-bond acceptors (Lipinski definition) is 4. The van der Waals surface area contributed by atoms with Gasteiger partial charge in [0.05, 0.1) is 5.92 Å². The third-order valence-corrected chi connectivity index (χ3v) is 1.76. The van der Waals surface area contributed by atoms with Gasteiger partial charge in [-0.1, -0.05) is 0 Å². The molecule has 4 heteroatoms. The van der Waals surface area contributed by atoms with E-state index in [0.717, 1.165) is 6.92 Å². The third kappa shape index (κ3) is 3.73. The molecule has 13 heavy (non-hydrogen) atoms. The fourth-order valence-corrected chi connectivity index (χ4v) is 0.903. The van der Waals surface area contributed by atoms with E-state index in [-0.39, 0.29) is 18.0 Å². The number of carbonyl (C=O) groups excluding carboxylic acids is 4. The molecular weight excluding hydrogens is 172 g/mol. The first-order valence-corrected chi connectivity index (χ1v) is 3.91. The van der Waals surface area contributed by atoms with Gasteiger partial charge in [0.25, 0.3) is 0 Å². The minimum absolute atomic E-state index is 0.292. The topological polar surface area (TPSA) is 68.3 Å². The standard InChI is InChI=1S/C9H12O4/c1-5(10)8(6(2)11)4-9(13)7(3)12/h8H,4H2,1-3H3. The molecule has 72 valence electrons. The van der Waals surface area contributed by atoms with Crippen LogP contribution < -0.4 is 0 Å². The monoisotopic (exact) mass is 184 g/mol. The zero-order chi connectivity index (χ0) is 10.6. The van der Waals surface area contributed by atoms with Crippen molar-refractivity contribution in [3.8, 4) is 0 Å². The first-order valence-electron chi connectivity index (χ1n) is 3.91. The molecule has 0 heterocycles. The fourth-order valence-electron chi connectivity index (χ4n) is 0.903. The van der Waals surface area contributed by atoms with E-state index < -0.39 is 17.5 Å². The van der Waals surface area contributed by atoms with Gasteiger partial charge in [0.15, 0.2) is 11.6 Å². The van der Waals surface area contributed by atoms with Gasteiger partial charge < -0.3 is 0 Å². The summed E-state index contributed by atoms with van der Waals surface area (Å²) in [5, 5.41) is 0. The first-order chi connectivity index (χ1) is 5.86. The van der Waals surface area contributed by atoms with Crippen LogP contribution in [0.3, 0.4) is 0 Å². The predicted octanol–water partition coefficient (Wildman–Crippen LogP) is 0.329. The van der Waals surface area contributed by atoms with Crippen molar-refractivity contribution in [2.75, 3.05) is 0 Å². The van der Waals surface area contributed by atoms with Crippen LogP contribution in [0, 0.1) is 5.92 Å². The molecule has 0 rings (SSSR count). The summed E-state index contributed by atoms with van der Waals surface area (Å²) < 4.78 is 0. The summed E-state index contributed by atoms with van der Waals surface area (Å²) in [7, 11) is 0. The molecule has 0 radical (unpaired) electrons. The van der Waals surface area contributed by atoms with Gasteiger partial charge in [-0.15, -0.1) is 0 Å². The Balaban J connectivity index is 4.45. The molecule has 4 nitrogen and oxygen atoms in total. The highest BCUT2D eigenvalue weighted by molar-refractivity contribution is 6.37. The molecule has 0 unspecified atom stereocenters. The van der Waals surface area contributed by atoms with E-state index in [9.17, 15) is 19.2 Å². The minimum atomic E-state index is -0.948. The van der Waals surface area contributed by atoms with E-state index >= 15 is 0 Å². The van der Waals surface area contributed by atoms with Crippen molar-refractivity contribution < 1.29 is 19.2 Å². The van der Waals surface area contributed by atoms with Crippen LogP contribution in [-0.2, 0) is 19.2 Å². The fraction of sp³-hybridized carbons (Fsp3) is 0.556. The molecule has 0 saturated heterocycles. The Morgan fingerprint density at radius 1 is 0.923 bits per heavy atom. The zero-order valence-corrected chi connectivity index (χ0v) is 7.92. The molecule has 0 N–H and O–H groups in total. The minimum Gasteiger partial charge on any atom is -0.299 e. The first kappa shape index (κ1) is 11.7. The molecule has 0 aliphatic heterocycles. The second-order valence-corrected chi connectivity index (χ2v) is 2.96. The van der Waals surface area contributed by atoms with Gasteiger partial charge >= 0.3 is 0 Å². The SMILES string of the molecule is CC(=O)C(=O)CC(C(C)=O)C(C)=O. The molecular formula is C9H12O4. The Kier molecular flexibility index (Phi) is 4.17. The van der Waals surface area contributed by atoms with E-state index in [0.29, 0.717) is 0 Å². The van der Waals surface area contributed by atoms with Crippen LogP contribution in [0.15, 0.2) is 0 Å². The maximum Gasteiger partial charge on any atom is 0.199 e. The highest BCUT2D eigenvalue weighted by Crippen LogP contribution is 2.07. The lowest BCUT2D eigenvalue weighted by Crippen LogP contribution is -2.25. The van der Waals surface area contributed by atoms with Gasteiger partial charge in [0.1, 0.15) is 11.6 Å². The molecule has 0 aliphatic carbocycles. The number of ketones is 4. The predicted molar refractivity (Wildman–Crippen MR) is 45.2 cm³/mol. The summed E-state index contributed by atoms with van der Waals surface area (Å²) in [5.41, 5.74) is 0. The lowest BCUT2D eigenvalue weighted by molar-refractivity contribution is -0.139. The molecule has 0 atom stereocenters. The highest BCUT2D eigenvalue weighted by Gasteiger charge is 2.24. The largest absolute Gasteiger partial charge is 0.299 e. The zero-order valence-electron chi connectivity index (χ0n) is 7.92. The third-order valence-electron chi connectivity index (χ3n) is 1.76. The normalized spacial score (nSPS) is 9.85. The highest BCUT2D eigenvalue weighted by atomic mass is 16.2. The summed E-state index contributed by atoms with van der Waals surface area (Å²) in [4.78, 5) is 43.2. The average Bonchev–Trinajstić information content (AvgIpc) is 1.97. The Labute approximate surface area is 76.3 Å². The maximum absolute atomic E-state index is 10.9. The van der Waals surface area contributed by atoms with E-state index in [2.05, 4.69) is 0 Å². The summed E-state index contributed by atoms with van der Waals surface area (Å²) in [6.07, 6.45) is -0.292. The lowest BCUT2D eigenvalue weighted by Gasteiger charge is -2.06. The van der Waals surface area contributed by atoms with Crippen molar-refractivity contribution in [1.82, 2.24) is 0 Å². The van der Waals surface area contributed by atoms with Gasteiger partial charge in [0.2, 0.25) is 0 Å². The number of rotatable bonds is 5. The molecule has 0 spiro atoms. The molecule has 0 aromatic rings. The Bertz CT molecular complexity index is 251. The summed E-state index contributed by atoms with van der Waals surface area (Å²) >= 11 is 0. The summed E-state index contributed by atoms with van der Waals surface area (Å²) in [6, 6.07) is 0. The van der Waals surface area contributed by atoms with E-state index in [1.807, 2.05) is 0 Å². The van der Waals surface area contributed by atoms with Crippen LogP contribution in [0.5, 0.6) is 0 Å².